The molecule has 1 aliphatic rings. The Kier molecular flexibility index (Phi) is 5.12. The fourth-order valence-electron chi connectivity index (χ4n) is 2.26. The number of nitrogens with one attached hydrogen (secondary N) is 1. The van der Waals surface area contributed by atoms with Crippen molar-refractivity contribution in [2.24, 2.45) is 0 Å². The molecule has 20 heavy (non-hydrogen) atoms. The SMILES string of the molecule is CCOCCCN1CC(=O)NC(c2ccccc2)C1=O. The first-order chi connectivity index (χ1) is 9.72. The number of amides is 2. The summed E-state index contributed by atoms with van der Waals surface area (Å²) in [4.78, 5) is 25.8. The highest BCUT2D eigenvalue weighted by Gasteiger charge is 2.33. The molecule has 0 spiro atoms. The summed E-state index contributed by atoms with van der Waals surface area (Å²) < 4.78 is 5.26. The molecule has 5 nitrogen and oxygen atoms in total. The minimum absolute atomic E-state index is 0.0488. The van der Waals surface area contributed by atoms with Crippen molar-refractivity contribution in [3.8, 4) is 0 Å². The van der Waals surface area contributed by atoms with Crippen LogP contribution >= 0.6 is 0 Å². The number of benzene rings is 1. The van der Waals surface area contributed by atoms with E-state index in [4.69, 9.17) is 4.74 Å². The molecule has 2 rings (SSSR count). The van der Waals surface area contributed by atoms with Crippen LogP contribution in [0.5, 0.6) is 0 Å². The van der Waals surface area contributed by atoms with Crippen molar-refractivity contribution >= 4 is 11.8 Å². The monoisotopic (exact) mass is 276 g/mol. The predicted octanol–water partition coefficient (Wildman–Crippen LogP) is 1.11. The Labute approximate surface area is 118 Å². The Morgan fingerprint density at radius 2 is 2.05 bits per heavy atom. The Hall–Kier alpha value is -1.88. The van der Waals surface area contributed by atoms with Crippen LogP contribution in [0.25, 0.3) is 0 Å². The van der Waals surface area contributed by atoms with E-state index < -0.39 is 6.04 Å². The van der Waals surface area contributed by atoms with Crippen molar-refractivity contribution in [1.82, 2.24) is 10.2 Å². The Bertz CT molecular complexity index is 461. The molecular formula is C15H20N2O3. The van der Waals surface area contributed by atoms with Crippen LogP contribution in [0.15, 0.2) is 30.3 Å². The topological polar surface area (TPSA) is 58.6 Å². The Morgan fingerprint density at radius 3 is 2.75 bits per heavy atom. The van der Waals surface area contributed by atoms with Gasteiger partial charge in [0.1, 0.15) is 6.04 Å². The van der Waals surface area contributed by atoms with Gasteiger partial charge in [-0.2, -0.15) is 0 Å². The van der Waals surface area contributed by atoms with Gasteiger partial charge in [-0.1, -0.05) is 30.3 Å². The minimum Gasteiger partial charge on any atom is -0.382 e. The highest BCUT2D eigenvalue weighted by Crippen LogP contribution is 2.19. The van der Waals surface area contributed by atoms with E-state index in [1.807, 2.05) is 37.3 Å². The Balaban J connectivity index is 2.00. The lowest BCUT2D eigenvalue weighted by molar-refractivity contribution is -0.144. The fourth-order valence-corrected chi connectivity index (χ4v) is 2.26. The maximum Gasteiger partial charge on any atom is 0.250 e. The molecule has 108 valence electrons. The smallest absolute Gasteiger partial charge is 0.250 e. The predicted molar refractivity (Wildman–Crippen MR) is 75.0 cm³/mol. The molecule has 0 radical (unpaired) electrons. The summed E-state index contributed by atoms with van der Waals surface area (Å²) in [6.45, 7) is 3.90. The third kappa shape index (κ3) is 3.57. The van der Waals surface area contributed by atoms with Gasteiger partial charge < -0.3 is 15.0 Å². The third-order valence-corrected chi connectivity index (χ3v) is 3.25. The van der Waals surface area contributed by atoms with Crippen molar-refractivity contribution in [3.05, 3.63) is 35.9 Å². The summed E-state index contributed by atoms with van der Waals surface area (Å²) in [5, 5.41) is 2.75. The van der Waals surface area contributed by atoms with Crippen molar-refractivity contribution in [3.63, 3.8) is 0 Å². The van der Waals surface area contributed by atoms with Crippen molar-refractivity contribution < 1.29 is 14.3 Å². The summed E-state index contributed by atoms with van der Waals surface area (Å²) in [7, 11) is 0. The van der Waals surface area contributed by atoms with Crippen molar-refractivity contribution in [2.75, 3.05) is 26.3 Å². The average molecular weight is 276 g/mol. The van der Waals surface area contributed by atoms with Crippen LogP contribution in [0, 0.1) is 0 Å². The van der Waals surface area contributed by atoms with Gasteiger partial charge in [0, 0.05) is 19.8 Å². The summed E-state index contributed by atoms with van der Waals surface area (Å²) in [5.74, 6) is -0.165. The van der Waals surface area contributed by atoms with Gasteiger partial charge >= 0.3 is 0 Å². The first kappa shape index (κ1) is 14.5. The number of piperazine rings is 1. The number of hydrogen-bond donors (Lipinski definition) is 1. The molecule has 1 atom stereocenters. The maximum atomic E-state index is 12.4. The van der Waals surface area contributed by atoms with Crippen LogP contribution in [0.2, 0.25) is 0 Å². The highest BCUT2D eigenvalue weighted by molar-refractivity contribution is 5.95. The molecule has 5 heteroatoms. The molecule has 0 bridgehead atoms. The van der Waals surface area contributed by atoms with Gasteiger partial charge in [0.15, 0.2) is 0 Å². The molecule has 1 N–H and O–H groups in total. The Morgan fingerprint density at radius 1 is 1.30 bits per heavy atom. The molecule has 1 aliphatic heterocycles. The zero-order valence-electron chi connectivity index (χ0n) is 11.7. The average Bonchev–Trinajstić information content (AvgIpc) is 2.47. The second-order valence-corrected chi connectivity index (χ2v) is 4.72. The summed E-state index contributed by atoms with van der Waals surface area (Å²) in [6.07, 6.45) is 0.744. The summed E-state index contributed by atoms with van der Waals surface area (Å²) in [5.41, 5.74) is 0.820. The number of carbonyl (C=O) groups is 2. The molecule has 1 unspecified atom stereocenters. The lowest BCUT2D eigenvalue weighted by atomic mass is 10.0. The highest BCUT2D eigenvalue weighted by atomic mass is 16.5. The van der Waals surface area contributed by atoms with Crippen LogP contribution in [-0.4, -0.2) is 43.0 Å². The van der Waals surface area contributed by atoms with Crippen LogP contribution in [0.3, 0.4) is 0 Å². The number of carbonyl (C=O) groups excluding carboxylic acids is 2. The first-order valence-electron chi connectivity index (χ1n) is 6.93. The number of ether oxygens (including phenoxy) is 1. The standard InChI is InChI=1S/C15H20N2O3/c1-2-20-10-6-9-17-11-13(18)16-14(15(17)19)12-7-4-3-5-8-12/h3-5,7-8,14H,2,6,9-11H2,1H3,(H,16,18). The zero-order valence-corrected chi connectivity index (χ0v) is 11.7. The van der Waals surface area contributed by atoms with Crippen LogP contribution in [-0.2, 0) is 14.3 Å². The van der Waals surface area contributed by atoms with E-state index in [1.54, 1.807) is 4.90 Å². The quantitative estimate of drug-likeness (QED) is 0.792. The van der Waals surface area contributed by atoms with Crippen LogP contribution < -0.4 is 5.32 Å². The van der Waals surface area contributed by atoms with E-state index in [-0.39, 0.29) is 18.4 Å². The van der Waals surface area contributed by atoms with Gasteiger partial charge in [-0.3, -0.25) is 9.59 Å². The van der Waals surface area contributed by atoms with E-state index >= 15 is 0 Å². The van der Waals surface area contributed by atoms with Crippen LogP contribution in [0.4, 0.5) is 0 Å². The minimum atomic E-state index is -0.565. The lowest BCUT2D eigenvalue weighted by Gasteiger charge is -2.32. The van der Waals surface area contributed by atoms with Gasteiger partial charge in [-0.05, 0) is 18.9 Å². The molecule has 1 fully saturated rings. The summed E-state index contributed by atoms with van der Waals surface area (Å²) >= 11 is 0. The van der Waals surface area contributed by atoms with Crippen LogP contribution in [0.1, 0.15) is 24.9 Å². The molecular weight excluding hydrogens is 256 g/mol. The van der Waals surface area contributed by atoms with E-state index in [0.717, 1.165) is 12.0 Å². The molecule has 0 aliphatic carbocycles. The van der Waals surface area contributed by atoms with Gasteiger partial charge in [0.05, 0.1) is 6.54 Å². The molecule has 2 amide bonds. The van der Waals surface area contributed by atoms with Crippen molar-refractivity contribution in [2.45, 2.75) is 19.4 Å². The number of nitrogens with zero attached hydrogens (tertiary/aromatic N) is 1. The van der Waals surface area contributed by atoms with Gasteiger partial charge in [0.25, 0.3) is 0 Å². The number of rotatable bonds is 6. The second-order valence-electron chi connectivity index (χ2n) is 4.72. The molecule has 1 saturated heterocycles. The molecule has 0 aromatic heterocycles. The lowest BCUT2D eigenvalue weighted by Crippen LogP contribution is -2.53. The molecule has 1 aromatic carbocycles. The largest absolute Gasteiger partial charge is 0.382 e. The zero-order chi connectivity index (χ0) is 14.4. The second kappa shape index (κ2) is 7.05. The van der Waals surface area contributed by atoms with E-state index in [2.05, 4.69) is 5.32 Å². The van der Waals surface area contributed by atoms with Gasteiger partial charge in [-0.15, -0.1) is 0 Å². The fraction of sp³-hybridized carbons (Fsp3) is 0.467. The van der Waals surface area contributed by atoms with Gasteiger partial charge in [-0.25, -0.2) is 0 Å². The van der Waals surface area contributed by atoms with Gasteiger partial charge in [0.2, 0.25) is 11.8 Å². The first-order valence-corrected chi connectivity index (χ1v) is 6.93. The maximum absolute atomic E-state index is 12.4. The van der Waals surface area contributed by atoms with E-state index in [9.17, 15) is 9.59 Å². The normalized spacial score (nSPS) is 19.1. The number of hydrogen-bond acceptors (Lipinski definition) is 3. The van der Waals surface area contributed by atoms with E-state index in [1.165, 1.54) is 0 Å². The van der Waals surface area contributed by atoms with E-state index in [0.29, 0.717) is 19.8 Å². The van der Waals surface area contributed by atoms with Crippen molar-refractivity contribution in [1.29, 1.82) is 0 Å². The third-order valence-electron chi connectivity index (χ3n) is 3.25. The molecule has 0 saturated carbocycles. The molecule has 1 aromatic rings. The molecule has 1 heterocycles. The summed E-state index contributed by atoms with van der Waals surface area (Å²) in [6, 6.07) is 8.76.